The minimum Gasteiger partial charge on any atom is -0.570 e. The van der Waals surface area contributed by atoms with Crippen LogP contribution in [0.1, 0.15) is 0 Å². The molecular weight excluding hydrogens is 240 g/mol. The van der Waals surface area contributed by atoms with Gasteiger partial charge in [-0.2, -0.15) is 0 Å². The number of fused-ring (bicyclic) bond motifs is 3. The summed E-state index contributed by atoms with van der Waals surface area (Å²) in [4.78, 5) is 10.6. The first-order valence-electron chi connectivity index (χ1n) is 4.97. The molecule has 0 spiro atoms. The molecule has 0 atom stereocenters. The molecule has 1 aromatic carbocycles. The summed E-state index contributed by atoms with van der Waals surface area (Å²) in [5, 5.41) is 35.6. The van der Waals surface area contributed by atoms with E-state index >= 15 is 0 Å². The van der Waals surface area contributed by atoms with Gasteiger partial charge in [0.1, 0.15) is 5.52 Å². The molecule has 8 nitrogen and oxygen atoms in total. The number of aromatic nitrogens is 3. The maximum atomic E-state index is 11.5. The van der Waals surface area contributed by atoms with Crippen LogP contribution < -0.4 is 4.96 Å². The minimum atomic E-state index is -0.566. The number of aromatic hydroxyl groups is 1. The van der Waals surface area contributed by atoms with E-state index in [1.54, 1.807) is 18.2 Å². The van der Waals surface area contributed by atoms with E-state index in [2.05, 4.69) is 5.10 Å². The third-order valence-corrected chi connectivity index (χ3v) is 2.69. The van der Waals surface area contributed by atoms with Crippen molar-refractivity contribution in [2.45, 2.75) is 0 Å². The molecule has 0 fully saturated rings. The molecule has 3 aromatic rings. The highest BCUT2D eigenvalue weighted by Crippen LogP contribution is 2.29. The van der Waals surface area contributed by atoms with Crippen molar-refractivity contribution in [3.63, 3.8) is 0 Å². The van der Waals surface area contributed by atoms with Crippen LogP contribution in [0.25, 0.3) is 16.4 Å². The largest absolute Gasteiger partial charge is 0.570 e. The van der Waals surface area contributed by atoms with Crippen LogP contribution in [0.4, 0.5) is 5.69 Å². The van der Waals surface area contributed by atoms with E-state index in [9.17, 15) is 20.4 Å². The molecule has 0 saturated heterocycles. The van der Waals surface area contributed by atoms with Gasteiger partial charge in [0.25, 0.3) is 5.69 Å². The van der Waals surface area contributed by atoms with Crippen molar-refractivity contribution in [1.82, 2.24) is 9.61 Å². The van der Waals surface area contributed by atoms with E-state index in [0.29, 0.717) is 10.9 Å². The molecule has 1 N–H and O–H groups in total. The summed E-state index contributed by atoms with van der Waals surface area (Å²) in [7, 11) is 0. The Balaban J connectivity index is 2.64. The number of hydrogen-bond acceptors (Lipinski definition) is 5. The first kappa shape index (κ1) is 10.3. The average Bonchev–Trinajstić information content (AvgIpc) is 2.64. The summed E-state index contributed by atoms with van der Waals surface area (Å²) in [5.74, 6) is -0.543. The van der Waals surface area contributed by atoms with Gasteiger partial charge in [-0.05, 0) is 12.1 Å². The van der Waals surface area contributed by atoms with E-state index in [1.165, 1.54) is 6.07 Å². The Labute approximate surface area is 99.0 Å². The molecule has 8 heteroatoms. The Morgan fingerprint density at radius 3 is 2.78 bits per heavy atom. The smallest absolute Gasteiger partial charge is 0.311 e. The van der Waals surface area contributed by atoms with Crippen LogP contribution in [-0.4, -0.2) is 19.6 Å². The second kappa shape index (κ2) is 3.29. The fourth-order valence-electron chi connectivity index (χ4n) is 1.94. The van der Waals surface area contributed by atoms with E-state index in [1.807, 2.05) is 0 Å². The van der Waals surface area contributed by atoms with Crippen molar-refractivity contribution >= 4 is 22.1 Å². The number of nitro groups is 1. The average molecular weight is 246 g/mol. The van der Waals surface area contributed by atoms with Gasteiger partial charge in [-0.15, -0.1) is 0 Å². The summed E-state index contributed by atoms with van der Waals surface area (Å²) in [6.45, 7) is 0. The highest BCUT2D eigenvalue weighted by atomic mass is 16.6. The Morgan fingerprint density at radius 2 is 2.06 bits per heavy atom. The summed E-state index contributed by atoms with van der Waals surface area (Å²) in [6.07, 6.45) is 0. The van der Waals surface area contributed by atoms with Gasteiger partial charge in [0, 0.05) is 0 Å². The van der Waals surface area contributed by atoms with Gasteiger partial charge < -0.3 is 10.3 Å². The molecule has 2 heterocycles. The van der Waals surface area contributed by atoms with Gasteiger partial charge >= 0.3 is 5.88 Å². The van der Waals surface area contributed by atoms with Crippen LogP contribution in [-0.2, 0) is 0 Å². The third-order valence-electron chi connectivity index (χ3n) is 2.69. The molecule has 0 saturated carbocycles. The second-order valence-corrected chi connectivity index (χ2v) is 3.68. The number of pyridine rings is 1. The zero-order chi connectivity index (χ0) is 12.9. The summed E-state index contributed by atoms with van der Waals surface area (Å²) < 4.78 is 1.07. The van der Waals surface area contributed by atoms with Crippen LogP contribution >= 0.6 is 0 Å². The lowest BCUT2D eigenvalue weighted by atomic mass is 10.2. The summed E-state index contributed by atoms with van der Waals surface area (Å²) in [5.41, 5.74) is 0.119. The maximum absolute atomic E-state index is 11.5. The Kier molecular flexibility index (Phi) is 1.88. The standard InChI is InChI=1S/C10H6N4O4/c15-10-9-5-8(13(16)17)6-3-1-2-4-7(6)12(9)14(18)11-10/h1-5,15H. The quantitative estimate of drug-likeness (QED) is 0.295. The lowest BCUT2D eigenvalue weighted by Gasteiger charge is -2.00. The van der Waals surface area contributed by atoms with E-state index in [0.717, 1.165) is 10.6 Å². The predicted octanol–water partition coefficient (Wildman–Crippen LogP) is 0.735. The predicted molar refractivity (Wildman–Crippen MR) is 60.0 cm³/mol. The molecule has 0 aliphatic heterocycles. The molecule has 0 amide bonds. The van der Waals surface area contributed by atoms with Crippen LogP contribution in [0.3, 0.4) is 0 Å². The van der Waals surface area contributed by atoms with Crippen LogP contribution in [0.5, 0.6) is 5.88 Å². The molecule has 0 aliphatic rings. The minimum absolute atomic E-state index is 0.00426. The summed E-state index contributed by atoms with van der Waals surface area (Å²) in [6, 6.07) is 7.48. The Bertz CT molecular complexity index is 795. The fraction of sp³-hybridized carbons (Fsp3) is 0. The van der Waals surface area contributed by atoms with Crippen molar-refractivity contribution in [1.29, 1.82) is 0 Å². The van der Waals surface area contributed by atoms with Gasteiger partial charge in [-0.25, -0.2) is 0 Å². The topological polar surface area (TPSA) is 108 Å². The molecule has 90 valence electrons. The zero-order valence-corrected chi connectivity index (χ0v) is 8.85. The SMILES string of the molecule is O=[N+]([O-])c1cc2c(O)n[n+]([O-])n2c2ccccc12. The first-order chi connectivity index (χ1) is 8.59. The molecule has 0 unspecified atom stereocenters. The normalized spacial score (nSPS) is 11.1. The van der Waals surface area contributed by atoms with Gasteiger partial charge in [0.15, 0.2) is 5.52 Å². The fourth-order valence-corrected chi connectivity index (χ4v) is 1.94. The van der Waals surface area contributed by atoms with Crippen molar-refractivity contribution in [2.24, 2.45) is 0 Å². The number of benzene rings is 1. The number of para-hydroxylation sites is 1. The van der Waals surface area contributed by atoms with Gasteiger partial charge in [0.2, 0.25) is 0 Å². The number of hydrogen-bond donors (Lipinski definition) is 1. The molecule has 0 radical (unpaired) electrons. The monoisotopic (exact) mass is 246 g/mol. The zero-order valence-electron chi connectivity index (χ0n) is 8.85. The van der Waals surface area contributed by atoms with Gasteiger partial charge in [0.05, 0.1) is 26.4 Å². The lowest BCUT2D eigenvalue weighted by Crippen LogP contribution is -2.36. The van der Waals surface area contributed by atoms with E-state index in [-0.39, 0.29) is 16.2 Å². The number of rotatable bonds is 1. The Morgan fingerprint density at radius 1 is 1.33 bits per heavy atom. The van der Waals surface area contributed by atoms with Crippen LogP contribution in [0, 0.1) is 15.3 Å². The van der Waals surface area contributed by atoms with Crippen molar-refractivity contribution < 1.29 is 15.0 Å². The molecule has 3 rings (SSSR count). The molecular formula is C10H6N4O4. The maximum Gasteiger partial charge on any atom is 0.311 e. The van der Waals surface area contributed by atoms with E-state index in [4.69, 9.17) is 0 Å². The molecule has 18 heavy (non-hydrogen) atoms. The number of nitrogens with zero attached hydrogens (tertiary/aromatic N) is 4. The molecule has 0 bridgehead atoms. The van der Waals surface area contributed by atoms with Crippen molar-refractivity contribution in [2.75, 3.05) is 0 Å². The second-order valence-electron chi connectivity index (χ2n) is 3.68. The lowest BCUT2D eigenvalue weighted by molar-refractivity contribution is -0.731. The van der Waals surface area contributed by atoms with Crippen molar-refractivity contribution in [3.8, 4) is 5.88 Å². The molecule has 0 aliphatic carbocycles. The van der Waals surface area contributed by atoms with E-state index < -0.39 is 10.8 Å². The highest BCUT2D eigenvalue weighted by Gasteiger charge is 2.23. The molecule has 2 aromatic heterocycles. The van der Waals surface area contributed by atoms with Gasteiger partial charge in [-0.3, -0.25) is 10.1 Å². The summed E-state index contributed by atoms with van der Waals surface area (Å²) >= 11 is 0. The highest BCUT2D eigenvalue weighted by molar-refractivity contribution is 5.91. The van der Waals surface area contributed by atoms with Crippen LogP contribution in [0.15, 0.2) is 30.3 Å². The first-order valence-corrected chi connectivity index (χ1v) is 4.97. The third kappa shape index (κ3) is 1.19. The van der Waals surface area contributed by atoms with Gasteiger partial charge in [-0.1, -0.05) is 16.6 Å². The van der Waals surface area contributed by atoms with Crippen LogP contribution in [0.2, 0.25) is 0 Å². The Hall–Kier alpha value is -2.90. The van der Waals surface area contributed by atoms with Crippen molar-refractivity contribution in [3.05, 3.63) is 45.7 Å².